The number of quaternary nitrogens is 1. The van der Waals surface area contributed by atoms with Gasteiger partial charge in [0.1, 0.15) is 19.8 Å². The molecule has 0 aromatic heterocycles. The van der Waals surface area contributed by atoms with Gasteiger partial charge < -0.3 is 9.96 Å². The monoisotopic (exact) mass is 526 g/mol. The summed E-state index contributed by atoms with van der Waals surface area (Å²) in [6.45, 7) is 10.4. The Kier molecular flexibility index (Phi) is 29.8. The Hall–Kier alpha value is 0.250. The van der Waals surface area contributed by atoms with Crippen molar-refractivity contribution in [2.75, 3.05) is 51.4 Å². The van der Waals surface area contributed by atoms with Gasteiger partial charge in [0.2, 0.25) is 0 Å². The van der Waals surface area contributed by atoms with Crippen molar-refractivity contribution in [3.8, 4) is 0 Å². The van der Waals surface area contributed by atoms with E-state index in [2.05, 4.69) is 27.8 Å². The summed E-state index contributed by atoms with van der Waals surface area (Å²) in [4.78, 5) is 5.06. The Balaban J connectivity index is 0. The molecule has 0 aromatic carbocycles. The van der Waals surface area contributed by atoms with Crippen LogP contribution in [0.3, 0.4) is 0 Å². The van der Waals surface area contributed by atoms with Gasteiger partial charge in [-0.25, -0.2) is 0 Å². The zero-order valence-corrected chi connectivity index (χ0v) is 24.7. The number of unbranched alkanes of at least 4 members (excludes halogenated alkanes) is 13. The average molecular weight is 527 g/mol. The molecule has 0 heterocycles. The molecular weight excluding hydrogens is 469 g/mol. The van der Waals surface area contributed by atoms with E-state index in [0.29, 0.717) is 13.2 Å². The lowest BCUT2D eigenvalue weighted by Gasteiger charge is -2.31. The molecule has 0 amide bonds. The van der Waals surface area contributed by atoms with Crippen LogP contribution in [0.4, 0.5) is 0 Å². The fourth-order valence-electron chi connectivity index (χ4n) is 3.70. The second-order valence-corrected chi connectivity index (χ2v) is 11.6. The van der Waals surface area contributed by atoms with Crippen LogP contribution in [0.2, 0.25) is 0 Å². The first-order valence-electron chi connectivity index (χ1n) is 13.9. The Labute approximate surface area is 217 Å². The first-order valence-corrected chi connectivity index (χ1v) is 16.1. The van der Waals surface area contributed by atoms with Crippen LogP contribution in [-0.2, 0) is 18.7 Å². The Morgan fingerprint density at radius 1 is 0.676 bits per heavy atom. The molecule has 0 saturated heterocycles. The summed E-state index contributed by atoms with van der Waals surface area (Å²) < 4.78 is 22.6. The molecule has 8 heteroatoms. The molecule has 1 unspecified atom stereocenters. The van der Waals surface area contributed by atoms with Gasteiger partial charge in [-0.3, -0.25) is 0 Å². The highest BCUT2D eigenvalue weighted by atomic mass is 32.2. The van der Waals surface area contributed by atoms with E-state index < -0.39 is 8.25 Å². The third-order valence-corrected chi connectivity index (χ3v) is 8.40. The first kappa shape index (κ1) is 36.4. The second kappa shape index (κ2) is 27.8. The standard InChI is InChI=1S/C26H56NO4PS.H2O/c1-5-8-9-10-11-12-13-14-15-16-17-18-19-20-25-33-26-21-23-30-32(28)31-29-24-22-27(4,6-2)7-3;/h5-26H2,1-4H3;1H2/q+2;/p-1. The van der Waals surface area contributed by atoms with Gasteiger partial charge in [0.15, 0.2) is 0 Å². The van der Waals surface area contributed by atoms with E-state index in [1.54, 1.807) is 0 Å². The van der Waals surface area contributed by atoms with Gasteiger partial charge in [0.05, 0.1) is 24.8 Å². The molecule has 6 nitrogen and oxygen atoms in total. The van der Waals surface area contributed by atoms with Gasteiger partial charge in [-0.1, -0.05) is 90.4 Å². The van der Waals surface area contributed by atoms with E-state index in [0.717, 1.165) is 36.3 Å². The highest BCUT2D eigenvalue weighted by molar-refractivity contribution is 7.99. The summed E-state index contributed by atoms with van der Waals surface area (Å²) in [7, 11) is 0.00664. The minimum Gasteiger partial charge on any atom is -0.870 e. The van der Waals surface area contributed by atoms with Crippen LogP contribution in [0.5, 0.6) is 0 Å². The van der Waals surface area contributed by atoms with Crippen molar-refractivity contribution in [1.82, 2.24) is 0 Å². The van der Waals surface area contributed by atoms with Crippen molar-refractivity contribution in [2.24, 2.45) is 0 Å². The van der Waals surface area contributed by atoms with Crippen LogP contribution in [-0.4, -0.2) is 61.4 Å². The van der Waals surface area contributed by atoms with Crippen LogP contribution in [0, 0.1) is 0 Å². The van der Waals surface area contributed by atoms with Crippen LogP contribution in [0.1, 0.15) is 117 Å². The minimum atomic E-state index is -2.17. The normalized spacial score (nSPS) is 12.1. The van der Waals surface area contributed by atoms with Gasteiger partial charge in [-0.15, -0.1) is 4.52 Å². The lowest BCUT2D eigenvalue weighted by Crippen LogP contribution is -2.45. The zero-order chi connectivity index (χ0) is 24.5. The molecule has 1 atom stereocenters. The SMILES string of the molecule is CCCCCCCCCCCCCCCCSCCCO[P+](=O)OOCC[N+](C)(CC)CC.[OH-]. The fraction of sp³-hybridized carbons (Fsp3) is 1.00. The topological polar surface area (TPSA) is 74.8 Å². The van der Waals surface area contributed by atoms with Crippen molar-refractivity contribution in [2.45, 2.75) is 117 Å². The quantitative estimate of drug-likeness (QED) is 0.0351. The summed E-state index contributed by atoms with van der Waals surface area (Å²) in [5, 5.41) is 0. The molecule has 0 rings (SSSR count). The molecule has 0 aliphatic carbocycles. The summed E-state index contributed by atoms with van der Waals surface area (Å²) >= 11 is 1.97. The molecule has 0 fully saturated rings. The second-order valence-electron chi connectivity index (χ2n) is 9.49. The van der Waals surface area contributed by atoms with Crippen molar-refractivity contribution < 1.29 is 28.6 Å². The maximum absolute atomic E-state index is 11.7. The molecule has 0 aliphatic heterocycles. The maximum atomic E-state index is 11.7. The largest absolute Gasteiger partial charge is 0.870 e. The van der Waals surface area contributed by atoms with Gasteiger partial charge in [0, 0.05) is 4.57 Å². The molecule has 0 aliphatic rings. The van der Waals surface area contributed by atoms with Crippen LogP contribution >= 0.6 is 20.0 Å². The van der Waals surface area contributed by atoms with Gasteiger partial charge in [0.25, 0.3) is 0 Å². The lowest BCUT2D eigenvalue weighted by molar-refractivity contribution is -0.907. The van der Waals surface area contributed by atoms with E-state index >= 15 is 0 Å². The zero-order valence-electron chi connectivity index (χ0n) is 22.9. The third-order valence-electron chi connectivity index (χ3n) is 6.63. The predicted molar refractivity (Wildman–Crippen MR) is 147 cm³/mol. The van der Waals surface area contributed by atoms with Crippen LogP contribution in [0.15, 0.2) is 0 Å². The number of thioether (sulfide) groups is 1. The number of likely N-dealkylation sites (N-methyl/N-ethyl adjacent to an activating group) is 1. The molecule has 0 bridgehead atoms. The predicted octanol–water partition coefficient (Wildman–Crippen LogP) is 8.52. The lowest BCUT2D eigenvalue weighted by atomic mass is 10.0. The molecule has 206 valence electrons. The van der Waals surface area contributed by atoms with Gasteiger partial charge in [-0.05, 0) is 38.2 Å². The molecular formula is C26H57NO5PS+. The molecule has 0 aromatic rings. The maximum Gasteiger partial charge on any atom is 0.728 e. The summed E-state index contributed by atoms with van der Waals surface area (Å²) in [5.74, 6) is 2.26. The number of hydrogen-bond acceptors (Lipinski definition) is 6. The molecule has 1 N–H and O–H groups in total. The fourth-order valence-corrected chi connectivity index (χ4v) is 5.12. The van der Waals surface area contributed by atoms with Crippen LogP contribution < -0.4 is 0 Å². The van der Waals surface area contributed by atoms with Crippen LogP contribution in [0.25, 0.3) is 0 Å². The minimum absolute atomic E-state index is 0. The molecule has 0 saturated carbocycles. The van der Waals surface area contributed by atoms with E-state index in [9.17, 15) is 4.57 Å². The van der Waals surface area contributed by atoms with Crippen molar-refractivity contribution in [3.05, 3.63) is 0 Å². The Morgan fingerprint density at radius 2 is 1.15 bits per heavy atom. The third kappa shape index (κ3) is 25.3. The highest BCUT2D eigenvalue weighted by Crippen LogP contribution is 2.24. The van der Waals surface area contributed by atoms with Gasteiger partial charge in [-0.2, -0.15) is 16.6 Å². The van der Waals surface area contributed by atoms with E-state index in [1.165, 1.54) is 95.6 Å². The van der Waals surface area contributed by atoms with E-state index in [-0.39, 0.29) is 5.48 Å². The molecule has 34 heavy (non-hydrogen) atoms. The van der Waals surface area contributed by atoms with E-state index in [4.69, 9.17) is 14.1 Å². The average Bonchev–Trinajstić information content (AvgIpc) is 2.83. The number of hydrogen-bond donors (Lipinski definition) is 0. The molecule has 0 spiro atoms. The number of rotatable bonds is 27. The molecule has 0 radical (unpaired) electrons. The smallest absolute Gasteiger partial charge is 0.728 e. The first-order chi connectivity index (χ1) is 16.1. The van der Waals surface area contributed by atoms with Crippen molar-refractivity contribution >= 4 is 20.0 Å². The summed E-state index contributed by atoms with van der Waals surface area (Å²) in [6, 6.07) is 0. The number of nitrogens with zero attached hydrogens (tertiary/aromatic N) is 1. The van der Waals surface area contributed by atoms with E-state index in [1.807, 2.05) is 11.8 Å². The summed E-state index contributed by atoms with van der Waals surface area (Å²) in [6.07, 6.45) is 20.6. The van der Waals surface area contributed by atoms with Crippen molar-refractivity contribution in [3.63, 3.8) is 0 Å². The Morgan fingerprint density at radius 3 is 1.65 bits per heavy atom. The highest BCUT2D eigenvalue weighted by Gasteiger charge is 2.23. The summed E-state index contributed by atoms with van der Waals surface area (Å²) in [5.41, 5.74) is 0. The Bertz CT molecular complexity index is 428. The van der Waals surface area contributed by atoms with Crippen molar-refractivity contribution in [1.29, 1.82) is 0 Å². The van der Waals surface area contributed by atoms with Gasteiger partial charge >= 0.3 is 8.25 Å².